The van der Waals surface area contributed by atoms with Crippen molar-refractivity contribution in [3.05, 3.63) is 45.9 Å². The van der Waals surface area contributed by atoms with E-state index in [1.807, 2.05) is 22.4 Å². The fourth-order valence-electron chi connectivity index (χ4n) is 4.24. The van der Waals surface area contributed by atoms with Crippen LogP contribution in [0.2, 0.25) is 5.02 Å². The molecule has 2 fully saturated rings. The summed E-state index contributed by atoms with van der Waals surface area (Å²) < 4.78 is 4.04. The predicted molar refractivity (Wildman–Crippen MR) is 112 cm³/mol. The van der Waals surface area contributed by atoms with Crippen molar-refractivity contribution in [3.63, 3.8) is 0 Å². The lowest BCUT2D eigenvalue weighted by Gasteiger charge is -2.23. The number of benzene rings is 1. The maximum Gasteiger partial charge on any atom is 0.236 e. The van der Waals surface area contributed by atoms with Gasteiger partial charge in [0.2, 0.25) is 5.91 Å². The van der Waals surface area contributed by atoms with Crippen molar-refractivity contribution in [2.45, 2.75) is 18.3 Å². The van der Waals surface area contributed by atoms with E-state index >= 15 is 0 Å². The number of nitrogens with zero attached hydrogens (tertiary/aromatic N) is 5. The highest BCUT2D eigenvalue weighted by molar-refractivity contribution is 7.03. The Labute approximate surface area is 175 Å². The van der Waals surface area contributed by atoms with Gasteiger partial charge in [-0.25, -0.2) is 0 Å². The summed E-state index contributed by atoms with van der Waals surface area (Å²) in [7, 11) is 2.15. The lowest BCUT2D eigenvalue weighted by Crippen LogP contribution is -2.40. The van der Waals surface area contributed by atoms with Crippen LogP contribution in [0, 0.1) is 0 Å². The van der Waals surface area contributed by atoms with Gasteiger partial charge in [-0.2, -0.15) is 0 Å². The number of hydrogen-bond donors (Lipinski definition) is 0. The summed E-state index contributed by atoms with van der Waals surface area (Å²) in [6, 6.07) is 7.98. The third-order valence-corrected chi connectivity index (χ3v) is 6.67. The quantitative estimate of drug-likeness (QED) is 0.762. The fourth-order valence-corrected chi connectivity index (χ4v) is 4.88. The molecule has 0 unspecified atom stereocenters. The molecule has 0 radical (unpaired) electrons. The number of hydrogen-bond acceptors (Lipinski definition) is 6. The molecule has 150 valence electrons. The summed E-state index contributed by atoms with van der Waals surface area (Å²) in [5.41, 5.74) is 2.19. The number of amides is 1. The van der Waals surface area contributed by atoms with Gasteiger partial charge in [0.15, 0.2) is 0 Å². The molecule has 1 amide bonds. The average Bonchev–Trinajstić information content (AvgIpc) is 3.32. The van der Waals surface area contributed by atoms with Gasteiger partial charge in [0.25, 0.3) is 0 Å². The second kappa shape index (κ2) is 8.86. The van der Waals surface area contributed by atoms with Gasteiger partial charge in [-0.05, 0) is 55.8 Å². The van der Waals surface area contributed by atoms with Gasteiger partial charge in [0.05, 0.1) is 12.2 Å². The smallest absolute Gasteiger partial charge is 0.236 e. The van der Waals surface area contributed by atoms with Crippen LogP contribution in [0.4, 0.5) is 0 Å². The maximum absolute atomic E-state index is 13.1. The van der Waals surface area contributed by atoms with Gasteiger partial charge in [-0.15, -0.1) is 5.10 Å². The largest absolute Gasteiger partial charge is 0.340 e. The summed E-state index contributed by atoms with van der Waals surface area (Å²) in [5.74, 6) is 0.619. The van der Waals surface area contributed by atoms with Crippen LogP contribution in [-0.4, -0.2) is 83.1 Å². The molecule has 1 aromatic carbocycles. The number of rotatable bonds is 4. The Morgan fingerprint density at radius 1 is 1.14 bits per heavy atom. The Balaban J connectivity index is 1.47. The summed E-state index contributed by atoms with van der Waals surface area (Å²) in [5, 5.41) is 7.05. The number of carbonyl (C=O) groups excluding carboxylic acids is 1. The fraction of sp³-hybridized carbons (Fsp3) is 0.550. The first-order valence-electron chi connectivity index (χ1n) is 9.81. The Kier molecular flexibility index (Phi) is 6.25. The number of halogens is 1. The molecule has 2 aromatic rings. The Morgan fingerprint density at radius 2 is 1.93 bits per heavy atom. The van der Waals surface area contributed by atoms with Gasteiger partial charge in [-0.3, -0.25) is 9.69 Å². The minimum atomic E-state index is 0.180. The Morgan fingerprint density at radius 3 is 2.68 bits per heavy atom. The number of likely N-dealkylation sites (N-methyl/N-ethyl adjacent to an activating group) is 1. The summed E-state index contributed by atoms with van der Waals surface area (Å²) in [6.07, 6.45) is 1.12. The van der Waals surface area contributed by atoms with E-state index in [1.54, 1.807) is 0 Å². The summed E-state index contributed by atoms with van der Waals surface area (Å²) in [6.45, 7) is 5.99. The topological polar surface area (TPSA) is 52.6 Å². The second-order valence-electron chi connectivity index (χ2n) is 7.83. The summed E-state index contributed by atoms with van der Waals surface area (Å²) >= 11 is 7.44. The van der Waals surface area contributed by atoms with Crippen LogP contribution in [0.15, 0.2) is 29.6 Å². The molecule has 6 nitrogen and oxygen atoms in total. The van der Waals surface area contributed by atoms with Crippen LogP contribution in [0.25, 0.3) is 0 Å². The van der Waals surface area contributed by atoms with Gasteiger partial charge >= 0.3 is 0 Å². The maximum atomic E-state index is 13.1. The van der Waals surface area contributed by atoms with Gasteiger partial charge in [-0.1, -0.05) is 28.2 Å². The van der Waals surface area contributed by atoms with Crippen LogP contribution >= 0.6 is 23.1 Å². The van der Waals surface area contributed by atoms with E-state index < -0.39 is 0 Å². The third-order valence-electron chi connectivity index (χ3n) is 5.90. The molecular formula is C20H26ClN5OS. The molecule has 0 bridgehead atoms. The SMILES string of the molecule is CN1CCCN(CC(=O)N2C[C@H](c3ccc(Cl)cc3)[C@@H](c3csnn3)C2)CC1. The molecular weight excluding hydrogens is 394 g/mol. The number of carbonyl (C=O) groups is 1. The first-order chi connectivity index (χ1) is 13.6. The zero-order valence-corrected chi connectivity index (χ0v) is 17.7. The molecule has 2 aliphatic rings. The standard InChI is InChI=1S/C20H26ClN5OS/c1-24-7-2-8-25(10-9-24)13-20(27)26-11-17(15-3-5-16(21)6-4-15)18(12-26)19-14-28-23-22-19/h3-6,14,17-18H,2,7-13H2,1H3/t17-,18+/m1/s1. The second-order valence-corrected chi connectivity index (χ2v) is 8.87. The zero-order valence-electron chi connectivity index (χ0n) is 16.1. The molecule has 2 aliphatic heterocycles. The van der Waals surface area contributed by atoms with Crippen LogP contribution in [0.3, 0.4) is 0 Å². The predicted octanol–water partition coefficient (Wildman–Crippen LogP) is 2.54. The minimum Gasteiger partial charge on any atom is -0.340 e. The first-order valence-corrected chi connectivity index (χ1v) is 11.0. The molecule has 0 aliphatic carbocycles. The van der Waals surface area contributed by atoms with E-state index in [9.17, 15) is 4.79 Å². The normalized spacial score (nSPS) is 24.4. The molecule has 28 heavy (non-hydrogen) atoms. The van der Waals surface area contributed by atoms with E-state index in [-0.39, 0.29) is 17.7 Å². The van der Waals surface area contributed by atoms with Gasteiger partial charge in [0, 0.05) is 48.4 Å². The van der Waals surface area contributed by atoms with E-state index in [0.29, 0.717) is 13.1 Å². The molecule has 8 heteroatoms. The van der Waals surface area contributed by atoms with Gasteiger partial charge < -0.3 is 9.80 Å². The van der Waals surface area contributed by atoms with E-state index in [2.05, 4.69) is 38.6 Å². The van der Waals surface area contributed by atoms with Gasteiger partial charge in [0.1, 0.15) is 0 Å². The monoisotopic (exact) mass is 419 g/mol. The lowest BCUT2D eigenvalue weighted by atomic mass is 9.87. The van der Waals surface area contributed by atoms with Crippen molar-refractivity contribution in [3.8, 4) is 0 Å². The third kappa shape index (κ3) is 4.54. The van der Waals surface area contributed by atoms with Crippen molar-refractivity contribution in [2.75, 3.05) is 52.9 Å². The number of aromatic nitrogens is 2. The molecule has 2 saturated heterocycles. The van der Waals surface area contributed by atoms with Crippen molar-refractivity contribution in [2.24, 2.45) is 0 Å². The Bertz CT molecular complexity index is 784. The molecule has 0 saturated carbocycles. The highest BCUT2D eigenvalue weighted by Crippen LogP contribution is 2.39. The molecule has 4 rings (SSSR count). The molecule has 0 spiro atoms. The summed E-state index contributed by atoms with van der Waals surface area (Å²) in [4.78, 5) is 19.7. The highest BCUT2D eigenvalue weighted by Gasteiger charge is 2.38. The van der Waals surface area contributed by atoms with Crippen molar-refractivity contribution in [1.29, 1.82) is 0 Å². The zero-order chi connectivity index (χ0) is 19.5. The van der Waals surface area contributed by atoms with Crippen molar-refractivity contribution >= 4 is 29.0 Å². The first kappa shape index (κ1) is 19.8. The van der Waals surface area contributed by atoms with Crippen molar-refractivity contribution < 1.29 is 4.79 Å². The lowest BCUT2D eigenvalue weighted by molar-refractivity contribution is -0.131. The highest BCUT2D eigenvalue weighted by atomic mass is 35.5. The van der Waals surface area contributed by atoms with Crippen LogP contribution in [0.5, 0.6) is 0 Å². The Hall–Kier alpha value is -1.54. The van der Waals surface area contributed by atoms with E-state index in [4.69, 9.17) is 11.6 Å². The molecule has 0 N–H and O–H groups in total. The van der Waals surface area contributed by atoms with E-state index in [0.717, 1.165) is 49.9 Å². The molecule has 3 heterocycles. The van der Waals surface area contributed by atoms with Crippen LogP contribution in [0.1, 0.15) is 29.5 Å². The number of likely N-dealkylation sites (tertiary alicyclic amines) is 1. The average molecular weight is 420 g/mol. The molecule has 2 atom stereocenters. The minimum absolute atomic E-state index is 0.180. The van der Waals surface area contributed by atoms with E-state index in [1.165, 1.54) is 17.1 Å². The van der Waals surface area contributed by atoms with Crippen LogP contribution < -0.4 is 0 Å². The van der Waals surface area contributed by atoms with Crippen molar-refractivity contribution in [1.82, 2.24) is 24.3 Å². The molecule has 1 aromatic heterocycles. The van der Waals surface area contributed by atoms with Crippen LogP contribution in [-0.2, 0) is 4.79 Å².